The predicted octanol–water partition coefficient (Wildman–Crippen LogP) is 2.98. The van der Waals surface area contributed by atoms with Crippen molar-refractivity contribution in [1.29, 1.82) is 5.26 Å². The largest absolute Gasteiger partial charge is 0.452 e. The maximum Gasteiger partial charge on any atom is 0.338 e. The summed E-state index contributed by atoms with van der Waals surface area (Å²) < 4.78 is 5.06. The number of thioether (sulfide) groups is 1. The molecule has 0 aliphatic carbocycles. The van der Waals surface area contributed by atoms with Gasteiger partial charge in [-0.15, -0.1) is 11.8 Å². The maximum atomic E-state index is 12.2. The Kier molecular flexibility index (Phi) is 6.29. The number of carbonyl (C=O) groups excluding carboxylic acids is 3. The maximum absolute atomic E-state index is 12.2. The molecule has 0 bridgehead atoms. The summed E-state index contributed by atoms with van der Waals surface area (Å²) in [6, 6.07) is 13.8. The number of nitrogens with one attached hydrogen (secondary N) is 2. The molecule has 3 rings (SSSR count). The highest BCUT2D eigenvalue weighted by molar-refractivity contribution is 7.99. The lowest BCUT2D eigenvalue weighted by Gasteiger charge is -2.10. The third-order valence-corrected chi connectivity index (χ3v) is 5.01. The van der Waals surface area contributed by atoms with Crippen LogP contribution >= 0.6 is 11.8 Å². The molecule has 142 valence electrons. The third kappa shape index (κ3) is 5.11. The van der Waals surface area contributed by atoms with Gasteiger partial charge in [0.2, 0.25) is 5.91 Å². The highest BCUT2D eigenvalue weighted by Crippen LogP contribution is 2.31. The van der Waals surface area contributed by atoms with Crippen LogP contribution in [-0.2, 0) is 20.7 Å². The smallest absolute Gasteiger partial charge is 0.338 e. The second-order valence-corrected chi connectivity index (χ2v) is 7.15. The Morgan fingerprint density at radius 2 is 2.00 bits per heavy atom. The molecule has 2 aromatic carbocycles. The number of benzene rings is 2. The van der Waals surface area contributed by atoms with Crippen LogP contribution in [-0.4, -0.2) is 30.1 Å². The Morgan fingerprint density at radius 1 is 1.21 bits per heavy atom. The molecule has 7 nitrogen and oxygen atoms in total. The molecule has 0 saturated heterocycles. The first kappa shape index (κ1) is 19.5. The van der Waals surface area contributed by atoms with Gasteiger partial charge in [0.25, 0.3) is 5.91 Å². The summed E-state index contributed by atoms with van der Waals surface area (Å²) in [6.45, 7) is -0.434. The molecule has 0 unspecified atom stereocenters. The van der Waals surface area contributed by atoms with Crippen LogP contribution in [0.2, 0.25) is 0 Å². The van der Waals surface area contributed by atoms with Crippen molar-refractivity contribution in [3.8, 4) is 6.07 Å². The van der Waals surface area contributed by atoms with Gasteiger partial charge in [0.05, 0.1) is 23.7 Å². The quantitative estimate of drug-likeness (QED) is 0.754. The van der Waals surface area contributed by atoms with Crippen LogP contribution in [0.25, 0.3) is 0 Å². The second kappa shape index (κ2) is 9.06. The predicted molar refractivity (Wildman–Crippen MR) is 105 cm³/mol. The van der Waals surface area contributed by atoms with E-state index in [0.717, 1.165) is 10.5 Å². The molecule has 0 aromatic heterocycles. The minimum atomic E-state index is -0.647. The lowest BCUT2D eigenvalue weighted by atomic mass is 10.1. The van der Waals surface area contributed by atoms with Crippen LogP contribution in [0.1, 0.15) is 22.3 Å². The fraction of sp³-hybridized carbons (Fsp3) is 0.200. The Bertz CT molecular complexity index is 951. The second-order valence-electron chi connectivity index (χ2n) is 6.01. The zero-order chi connectivity index (χ0) is 19.9. The molecule has 1 aliphatic heterocycles. The van der Waals surface area contributed by atoms with Gasteiger partial charge in [0.15, 0.2) is 6.61 Å². The molecule has 8 heteroatoms. The Labute approximate surface area is 166 Å². The third-order valence-electron chi connectivity index (χ3n) is 3.93. The Morgan fingerprint density at radius 3 is 2.75 bits per heavy atom. The topological polar surface area (TPSA) is 108 Å². The number of fused-ring (bicyclic) bond motifs is 1. The molecule has 28 heavy (non-hydrogen) atoms. The van der Waals surface area contributed by atoms with Gasteiger partial charge in [-0.25, -0.2) is 4.79 Å². The molecule has 0 saturated carbocycles. The van der Waals surface area contributed by atoms with E-state index < -0.39 is 18.5 Å². The molecular weight excluding hydrogens is 378 g/mol. The van der Waals surface area contributed by atoms with Crippen molar-refractivity contribution in [2.24, 2.45) is 0 Å². The van der Waals surface area contributed by atoms with Crippen molar-refractivity contribution in [3.05, 3.63) is 53.6 Å². The molecule has 0 fully saturated rings. The fourth-order valence-electron chi connectivity index (χ4n) is 2.56. The lowest BCUT2D eigenvalue weighted by Crippen LogP contribution is -2.21. The molecule has 1 heterocycles. The summed E-state index contributed by atoms with van der Waals surface area (Å²) in [6.07, 6.45) is 0.711. The van der Waals surface area contributed by atoms with Crippen LogP contribution in [0.4, 0.5) is 11.4 Å². The number of amides is 2. The van der Waals surface area contributed by atoms with Gasteiger partial charge in [-0.1, -0.05) is 12.1 Å². The van der Waals surface area contributed by atoms with E-state index in [9.17, 15) is 14.4 Å². The van der Waals surface area contributed by atoms with E-state index in [4.69, 9.17) is 10.00 Å². The number of esters is 1. The summed E-state index contributed by atoms with van der Waals surface area (Å²) in [5.74, 6) is -0.539. The van der Waals surface area contributed by atoms with Crippen molar-refractivity contribution in [2.45, 2.75) is 17.7 Å². The van der Waals surface area contributed by atoms with Crippen LogP contribution in [0, 0.1) is 11.3 Å². The monoisotopic (exact) mass is 395 g/mol. The van der Waals surface area contributed by atoms with E-state index in [1.165, 1.54) is 11.8 Å². The molecule has 2 aromatic rings. The van der Waals surface area contributed by atoms with Gasteiger partial charge in [-0.2, -0.15) is 5.26 Å². The van der Waals surface area contributed by atoms with Gasteiger partial charge in [-0.3, -0.25) is 9.59 Å². The van der Waals surface area contributed by atoms with Crippen molar-refractivity contribution < 1.29 is 19.1 Å². The van der Waals surface area contributed by atoms with E-state index in [1.807, 2.05) is 6.07 Å². The first-order chi connectivity index (χ1) is 13.5. The molecule has 0 atom stereocenters. The van der Waals surface area contributed by atoms with Gasteiger partial charge in [-0.05, 0) is 35.9 Å². The normalized spacial score (nSPS) is 12.8. The van der Waals surface area contributed by atoms with Crippen molar-refractivity contribution in [3.63, 3.8) is 0 Å². The van der Waals surface area contributed by atoms with Crippen molar-refractivity contribution in [1.82, 2.24) is 0 Å². The number of hydrogen-bond donors (Lipinski definition) is 2. The van der Waals surface area contributed by atoms with Gasteiger partial charge >= 0.3 is 5.97 Å². The molecule has 2 amide bonds. The highest BCUT2D eigenvalue weighted by atomic mass is 32.2. The van der Waals surface area contributed by atoms with E-state index in [1.54, 1.807) is 42.5 Å². The van der Waals surface area contributed by atoms with Gasteiger partial charge in [0.1, 0.15) is 0 Å². The first-order valence-corrected chi connectivity index (χ1v) is 9.53. The van der Waals surface area contributed by atoms with Crippen LogP contribution in [0.3, 0.4) is 0 Å². The van der Waals surface area contributed by atoms with E-state index >= 15 is 0 Å². The minimum Gasteiger partial charge on any atom is -0.452 e. The average molecular weight is 395 g/mol. The lowest BCUT2D eigenvalue weighted by molar-refractivity contribution is -0.119. The van der Waals surface area contributed by atoms with Crippen molar-refractivity contribution in [2.75, 3.05) is 23.0 Å². The summed E-state index contributed by atoms with van der Waals surface area (Å²) in [5.41, 5.74) is 2.23. The summed E-state index contributed by atoms with van der Waals surface area (Å²) in [5, 5.41) is 14.0. The zero-order valence-corrected chi connectivity index (χ0v) is 15.7. The number of nitrogens with zero attached hydrogens (tertiary/aromatic N) is 1. The number of nitriles is 1. The van der Waals surface area contributed by atoms with E-state index in [2.05, 4.69) is 10.6 Å². The number of hydrogen-bond acceptors (Lipinski definition) is 6. The summed E-state index contributed by atoms with van der Waals surface area (Å²) in [4.78, 5) is 36.8. The molecular formula is C20H17N3O4S. The Balaban J connectivity index is 1.55. The van der Waals surface area contributed by atoms with Crippen LogP contribution < -0.4 is 10.6 Å². The minimum absolute atomic E-state index is 0.100. The highest BCUT2D eigenvalue weighted by Gasteiger charge is 2.17. The number of rotatable bonds is 5. The molecule has 1 aliphatic rings. The molecule has 0 radical (unpaired) electrons. The van der Waals surface area contributed by atoms with E-state index in [0.29, 0.717) is 30.0 Å². The molecule has 2 N–H and O–H groups in total. The number of carbonyl (C=O) groups is 3. The average Bonchev–Trinajstić information content (AvgIpc) is 2.87. The van der Waals surface area contributed by atoms with Crippen LogP contribution in [0.15, 0.2) is 47.4 Å². The Hall–Kier alpha value is -3.31. The van der Waals surface area contributed by atoms with Crippen LogP contribution in [0.5, 0.6) is 0 Å². The molecule has 0 spiro atoms. The number of anilines is 2. The van der Waals surface area contributed by atoms with Gasteiger partial charge in [0, 0.05) is 22.8 Å². The number of ether oxygens (including phenoxy) is 1. The first-order valence-electron chi connectivity index (χ1n) is 8.55. The summed E-state index contributed by atoms with van der Waals surface area (Å²) >= 11 is 1.54. The standard InChI is InChI=1S/C20H17N3O4S/c21-9-7-13-1-4-15(5-2-13)22-19(25)12-27-20(26)14-3-6-17-16(11-14)23-18(24)8-10-28-17/h1-6,11H,7-8,10,12H2,(H,22,25)(H,23,24). The van der Waals surface area contributed by atoms with Gasteiger partial charge < -0.3 is 15.4 Å². The van der Waals surface area contributed by atoms with E-state index in [-0.39, 0.29) is 11.5 Å². The fourth-order valence-corrected chi connectivity index (χ4v) is 3.49. The summed E-state index contributed by atoms with van der Waals surface area (Å²) in [7, 11) is 0. The SMILES string of the molecule is N#CCc1ccc(NC(=O)COC(=O)c2ccc3c(c2)NC(=O)CCS3)cc1. The zero-order valence-electron chi connectivity index (χ0n) is 14.9. The van der Waals surface area contributed by atoms with Crippen molar-refractivity contribution >= 4 is 40.9 Å².